The van der Waals surface area contributed by atoms with E-state index in [1.807, 2.05) is 14.0 Å². The van der Waals surface area contributed by atoms with Crippen LogP contribution in [0, 0.1) is 0 Å². The van der Waals surface area contributed by atoms with Gasteiger partial charge in [0.25, 0.3) is 0 Å². The third-order valence-corrected chi connectivity index (χ3v) is 4.25. The maximum absolute atomic E-state index is 11.4. The van der Waals surface area contributed by atoms with Crippen molar-refractivity contribution < 1.29 is 14.8 Å². The summed E-state index contributed by atoms with van der Waals surface area (Å²) in [6, 6.07) is 0. The fourth-order valence-electron chi connectivity index (χ4n) is 3.02. The first-order chi connectivity index (χ1) is 8.53. The number of carbonyl (C=O) groups is 1. The lowest BCUT2D eigenvalue weighted by molar-refractivity contribution is -0.132. The van der Waals surface area contributed by atoms with Crippen molar-refractivity contribution in [3.05, 3.63) is 0 Å². The minimum atomic E-state index is -0.347. The largest absolute Gasteiger partial charge is 0.389 e. The molecule has 1 aliphatic carbocycles. The topological polar surface area (TPSA) is 83.0 Å². The van der Waals surface area contributed by atoms with E-state index in [1.165, 1.54) is 0 Å². The third-order valence-electron chi connectivity index (χ3n) is 4.25. The molecule has 1 aliphatic heterocycles. The molecule has 0 aromatic heterocycles. The van der Waals surface area contributed by atoms with E-state index < -0.39 is 0 Å². The number of nitrogens with one attached hydrogen (secondary N) is 2. The summed E-state index contributed by atoms with van der Waals surface area (Å²) in [6.45, 7) is 1.98. The summed E-state index contributed by atoms with van der Waals surface area (Å²) in [6.07, 6.45) is 4.63. The second-order valence-corrected chi connectivity index (χ2v) is 5.52. The molecule has 0 radical (unpaired) electrons. The Morgan fingerprint density at radius 2 is 2.11 bits per heavy atom. The van der Waals surface area contributed by atoms with E-state index in [1.54, 1.807) is 5.48 Å². The molecule has 6 heteroatoms. The van der Waals surface area contributed by atoms with Crippen molar-refractivity contribution >= 4 is 11.6 Å². The molecular formula is C12H21N3O3. The Morgan fingerprint density at radius 3 is 2.56 bits per heavy atom. The van der Waals surface area contributed by atoms with Gasteiger partial charge in [-0.3, -0.25) is 10.0 Å². The molecule has 0 unspecified atom stereocenters. The minimum Gasteiger partial charge on any atom is -0.389 e. The van der Waals surface area contributed by atoms with Crippen LogP contribution in [-0.4, -0.2) is 35.0 Å². The lowest BCUT2D eigenvalue weighted by Gasteiger charge is -2.43. The van der Waals surface area contributed by atoms with Crippen molar-refractivity contribution in [3.63, 3.8) is 0 Å². The van der Waals surface area contributed by atoms with E-state index in [0.717, 1.165) is 37.8 Å². The van der Waals surface area contributed by atoms with Crippen LogP contribution in [0.15, 0.2) is 5.16 Å². The molecule has 1 spiro atoms. The van der Waals surface area contributed by atoms with E-state index in [-0.39, 0.29) is 23.5 Å². The molecule has 102 valence electrons. The Balaban J connectivity index is 1.97. The van der Waals surface area contributed by atoms with Crippen LogP contribution in [0.3, 0.4) is 0 Å². The zero-order valence-electron chi connectivity index (χ0n) is 11.0. The molecule has 18 heavy (non-hydrogen) atoms. The van der Waals surface area contributed by atoms with Gasteiger partial charge in [-0.2, -0.15) is 0 Å². The molecule has 0 aromatic carbocycles. The van der Waals surface area contributed by atoms with Crippen LogP contribution < -0.4 is 10.8 Å². The lowest BCUT2D eigenvalue weighted by Crippen LogP contribution is -2.52. The van der Waals surface area contributed by atoms with Crippen LogP contribution in [-0.2, 0) is 9.63 Å². The quantitative estimate of drug-likeness (QED) is 0.518. The molecule has 0 saturated heterocycles. The van der Waals surface area contributed by atoms with Gasteiger partial charge in [0.05, 0.1) is 5.71 Å². The van der Waals surface area contributed by atoms with E-state index >= 15 is 0 Å². The summed E-state index contributed by atoms with van der Waals surface area (Å²) in [5, 5.41) is 15.9. The van der Waals surface area contributed by atoms with Crippen LogP contribution in [0.25, 0.3) is 0 Å². The summed E-state index contributed by atoms with van der Waals surface area (Å²) in [5.41, 5.74) is 2.36. The van der Waals surface area contributed by atoms with E-state index in [9.17, 15) is 4.79 Å². The average Bonchev–Trinajstić information content (AvgIpc) is 2.74. The summed E-state index contributed by atoms with van der Waals surface area (Å²) < 4.78 is 0. The first-order valence-electron chi connectivity index (χ1n) is 6.37. The smallest absolute Gasteiger partial charge is 0.245 e. The Labute approximate surface area is 107 Å². The zero-order chi connectivity index (χ0) is 13.2. The van der Waals surface area contributed by atoms with Gasteiger partial charge in [0.1, 0.15) is 5.60 Å². The van der Waals surface area contributed by atoms with Crippen molar-refractivity contribution in [3.8, 4) is 0 Å². The van der Waals surface area contributed by atoms with Gasteiger partial charge < -0.3 is 10.2 Å². The van der Waals surface area contributed by atoms with Crippen LogP contribution >= 0.6 is 0 Å². The Kier molecular flexibility index (Phi) is 3.59. The van der Waals surface area contributed by atoms with E-state index in [4.69, 9.17) is 10.0 Å². The van der Waals surface area contributed by atoms with Crippen molar-refractivity contribution in [1.82, 2.24) is 10.8 Å². The van der Waals surface area contributed by atoms with E-state index in [2.05, 4.69) is 10.5 Å². The molecule has 6 nitrogen and oxygen atoms in total. The minimum absolute atomic E-state index is 0.153. The SMILES string of the molecule is CNC1(CC(=O)NO)CCC2(CC1)CC(C)=NO2. The fraction of sp³-hybridized carbons (Fsp3) is 0.833. The molecule has 0 atom stereocenters. The molecule has 2 aliphatic rings. The van der Waals surface area contributed by atoms with Gasteiger partial charge in [-0.05, 0) is 39.7 Å². The molecule has 3 N–H and O–H groups in total. The second kappa shape index (κ2) is 4.85. The highest BCUT2D eigenvalue weighted by molar-refractivity contribution is 5.83. The first-order valence-corrected chi connectivity index (χ1v) is 6.37. The van der Waals surface area contributed by atoms with Crippen molar-refractivity contribution in [2.75, 3.05) is 7.05 Å². The summed E-state index contributed by atoms with van der Waals surface area (Å²) in [5.74, 6) is -0.347. The predicted octanol–water partition coefficient (Wildman–Crippen LogP) is 0.949. The fourth-order valence-corrected chi connectivity index (χ4v) is 3.02. The Morgan fingerprint density at radius 1 is 1.44 bits per heavy atom. The zero-order valence-corrected chi connectivity index (χ0v) is 11.0. The summed E-state index contributed by atoms with van der Waals surface area (Å²) >= 11 is 0. The van der Waals surface area contributed by atoms with Crippen molar-refractivity contribution in [1.29, 1.82) is 0 Å². The maximum Gasteiger partial charge on any atom is 0.245 e. The standard InChI is InChI=1S/C12H21N3O3/c1-9-7-12(18-15-9)5-3-11(13-2,4-6-12)8-10(16)14-17/h13,17H,3-8H2,1-2H3,(H,14,16). The summed E-state index contributed by atoms with van der Waals surface area (Å²) in [7, 11) is 1.86. The molecule has 1 saturated carbocycles. The molecular weight excluding hydrogens is 234 g/mol. The molecule has 0 bridgehead atoms. The number of hydrogen-bond donors (Lipinski definition) is 3. The third kappa shape index (κ3) is 2.49. The maximum atomic E-state index is 11.4. The molecule has 1 fully saturated rings. The van der Waals surface area contributed by atoms with Gasteiger partial charge in [-0.1, -0.05) is 5.16 Å². The highest BCUT2D eigenvalue weighted by atomic mass is 16.7. The highest BCUT2D eigenvalue weighted by Crippen LogP contribution is 2.43. The second-order valence-electron chi connectivity index (χ2n) is 5.52. The number of rotatable bonds is 3. The average molecular weight is 255 g/mol. The van der Waals surface area contributed by atoms with Crippen LogP contribution in [0.2, 0.25) is 0 Å². The number of amides is 1. The lowest BCUT2D eigenvalue weighted by atomic mass is 9.71. The van der Waals surface area contributed by atoms with Gasteiger partial charge >= 0.3 is 0 Å². The molecule has 1 amide bonds. The van der Waals surface area contributed by atoms with Crippen LogP contribution in [0.1, 0.15) is 45.4 Å². The van der Waals surface area contributed by atoms with Crippen LogP contribution in [0.4, 0.5) is 0 Å². The summed E-state index contributed by atoms with van der Waals surface area (Å²) in [4.78, 5) is 16.9. The number of oxime groups is 1. The Hall–Kier alpha value is -1.14. The van der Waals surface area contributed by atoms with Gasteiger partial charge in [-0.15, -0.1) is 0 Å². The van der Waals surface area contributed by atoms with Gasteiger partial charge in [-0.25, -0.2) is 5.48 Å². The highest BCUT2D eigenvalue weighted by Gasteiger charge is 2.46. The molecule has 1 heterocycles. The molecule has 2 rings (SSSR count). The molecule has 0 aromatic rings. The van der Waals surface area contributed by atoms with Gasteiger partial charge in [0, 0.05) is 18.4 Å². The number of hydroxylamine groups is 1. The normalized spacial score (nSPS) is 35.2. The first kappa shape index (κ1) is 13.3. The van der Waals surface area contributed by atoms with Gasteiger partial charge in [0.15, 0.2) is 0 Å². The number of hydrogen-bond acceptors (Lipinski definition) is 5. The van der Waals surface area contributed by atoms with Crippen LogP contribution in [0.5, 0.6) is 0 Å². The number of carbonyl (C=O) groups excluding carboxylic acids is 1. The predicted molar refractivity (Wildman–Crippen MR) is 66.3 cm³/mol. The van der Waals surface area contributed by atoms with Crippen molar-refractivity contribution in [2.45, 2.75) is 56.6 Å². The number of nitrogens with zero attached hydrogens (tertiary/aromatic N) is 1. The Bertz CT molecular complexity index is 360. The van der Waals surface area contributed by atoms with Crippen molar-refractivity contribution in [2.24, 2.45) is 5.16 Å². The van der Waals surface area contributed by atoms with Gasteiger partial charge in [0.2, 0.25) is 5.91 Å². The monoisotopic (exact) mass is 255 g/mol. The van der Waals surface area contributed by atoms with E-state index in [0.29, 0.717) is 0 Å².